The van der Waals surface area contributed by atoms with Gasteiger partial charge in [-0.1, -0.05) is 23.2 Å². The monoisotopic (exact) mass is 340 g/mol. The second kappa shape index (κ2) is 6.86. The highest BCUT2D eigenvalue weighted by molar-refractivity contribution is 6.42. The van der Waals surface area contributed by atoms with Gasteiger partial charge in [-0.25, -0.2) is 0 Å². The highest BCUT2D eigenvalue weighted by Gasteiger charge is 2.24. The van der Waals surface area contributed by atoms with E-state index in [9.17, 15) is 4.79 Å². The number of anilines is 1. The molecule has 1 aromatic carbocycles. The van der Waals surface area contributed by atoms with E-state index in [1.54, 1.807) is 12.1 Å². The molecular weight excluding hydrogens is 323 g/mol. The number of amides is 1. The Morgan fingerprint density at radius 3 is 2.95 bits per heavy atom. The van der Waals surface area contributed by atoms with Crippen LogP contribution in [0.25, 0.3) is 0 Å². The van der Waals surface area contributed by atoms with Crippen molar-refractivity contribution in [3.63, 3.8) is 0 Å². The number of hydrogen-bond donors (Lipinski definition) is 2. The van der Waals surface area contributed by atoms with Crippen LogP contribution in [0.4, 0.5) is 5.69 Å². The maximum atomic E-state index is 12.2. The molecule has 1 amide bonds. The largest absolute Gasteiger partial charge is 0.316 e. The van der Waals surface area contributed by atoms with E-state index in [0.29, 0.717) is 22.3 Å². The smallest absolute Gasteiger partial charge is 0.229 e. The molecule has 1 aromatic rings. The van der Waals surface area contributed by atoms with Crippen LogP contribution in [0.3, 0.4) is 0 Å². The molecule has 0 aromatic heterocycles. The van der Waals surface area contributed by atoms with Crippen molar-refractivity contribution in [3.05, 3.63) is 28.2 Å². The number of carbonyl (C=O) groups excluding carboxylic acids is 1. The Morgan fingerprint density at radius 2 is 2.23 bits per heavy atom. The topological polar surface area (TPSA) is 56.7 Å². The summed E-state index contributed by atoms with van der Waals surface area (Å²) in [5, 5.41) is 13.5. The lowest BCUT2D eigenvalue weighted by Crippen LogP contribution is -2.42. The van der Waals surface area contributed by atoms with Crippen molar-refractivity contribution < 1.29 is 4.79 Å². The Balaban J connectivity index is 1.63. The van der Waals surface area contributed by atoms with Gasteiger partial charge in [0.1, 0.15) is 5.84 Å². The van der Waals surface area contributed by atoms with Crippen LogP contribution in [0.5, 0.6) is 0 Å². The van der Waals surface area contributed by atoms with Crippen molar-refractivity contribution >= 4 is 40.6 Å². The zero-order chi connectivity index (χ0) is 15.5. The molecule has 22 heavy (non-hydrogen) atoms. The van der Waals surface area contributed by atoms with Crippen molar-refractivity contribution in [2.45, 2.75) is 19.3 Å². The van der Waals surface area contributed by atoms with Crippen molar-refractivity contribution in [1.29, 1.82) is 0 Å². The van der Waals surface area contributed by atoms with Gasteiger partial charge in [0.25, 0.3) is 0 Å². The molecule has 3 rings (SSSR count). The van der Waals surface area contributed by atoms with Crippen LogP contribution in [-0.4, -0.2) is 31.4 Å². The number of hydrazone groups is 1. The molecule has 1 saturated heterocycles. The number of halogens is 2. The van der Waals surface area contributed by atoms with E-state index >= 15 is 0 Å². The quantitative estimate of drug-likeness (QED) is 0.870. The van der Waals surface area contributed by atoms with E-state index in [-0.39, 0.29) is 11.8 Å². The predicted molar refractivity (Wildman–Crippen MR) is 89.6 cm³/mol. The van der Waals surface area contributed by atoms with Crippen LogP contribution in [0.15, 0.2) is 23.3 Å². The van der Waals surface area contributed by atoms with Crippen molar-refractivity contribution in [2.75, 3.05) is 24.6 Å². The minimum absolute atomic E-state index is 0.0375. The van der Waals surface area contributed by atoms with Crippen molar-refractivity contribution in [3.8, 4) is 0 Å². The third-order valence-corrected chi connectivity index (χ3v) is 4.68. The summed E-state index contributed by atoms with van der Waals surface area (Å²) in [5.41, 5.74) is 0.873. The van der Waals surface area contributed by atoms with Crippen LogP contribution in [0.2, 0.25) is 10.0 Å². The highest BCUT2D eigenvalue weighted by Crippen LogP contribution is 2.28. The van der Waals surface area contributed by atoms with Gasteiger partial charge in [-0.15, -0.1) is 0 Å². The number of piperidine rings is 1. The average Bonchev–Trinajstić information content (AvgIpc) is 2.99. The standard InChI is InChI=1S/C15H18Cl2N4O/c16-12-4-3-11(8-13(12)17)21-7-5-14(20-21)19-15(22)10-2-1-6-18-9-10/h3-4,8,10,18H,1-2,5-7,9H2,(H,19,20,22)/t10-/m1/s1. The number of hydrogen-bond acceptors (Lipinski definition) is 4. The van der Waals surface area contributed by atoms with Gasteiger partial charge < -0.3 is 10.6 Å². The van der Waals surface area contributed by atoms with Gasteiger partial charge in [-0.2, -0.15) is 5.10 Å². The molecule has 0 aliphatic carbocycles. The number of carbonyl (C=O) groups is 1. The predicted octanol–water partition coefficient (Wildman–Crippen LogP) is 2.63. The SMILES string of the molecule is O=C(NC1=NN(c2ccc(Cl)c(Cl)c2)CC1)[C@@H]1CCCNC1. The van der Waals surface area contributed by atoms with Gasteiger partial charge in [-0.3, -0.25) is 9.80 Å². The third kappa shape index (κ3) is 3.54. The lowest BCUT2D eigenvalue weighted by molar-refractivity contribution is -0.124. The van der Waals surface area contributed by atoms with Crippen LogP contribution in [0.1, 0.15) is 19.3 Å². The normalized spacial score (nSPS) is 21.6. The molecule has 0 bridgehead atoms. The molecule has 0 spiro atoms. The lowest BCUT2D eigenvalue weighted by Gasteiger charge is -2.21. The maximum Gasteiger partial charge on any atom is 0.229 e. The van der Waals surface area contributed by atoms with Crippen LogP contribution in [0, 0.1) is 5.92 Å². The fourth-order valence-corrected chi connectivity index (χ4v) is 2.99. The zero-order valence-electron chi connectivity index (χ0n) is 12.1. The zero-order valence-corrected chi connectivity index (χ0v) is 13.6. The number of amidine groups is 1. The van der Waals surface area contributed by atoms with Crippen LogP contribution < -0.4 is 15.6 Å². The van der Waals surface area contributed by atoms with Gasteiger partial charge in [0.2, 0.25) is 5.91 Å². The molecule has 1 fully saturated rings. The summed E-state index contributed by atoms with van der Waals surface area (Å²) >= 11 is 12.0. The summed E-state index contributed by atoms with van der Waals surface area (Å²) in [6, 6.07) is 5.40. The van der Waals surface area contributed by atoms with Gasteiger partial charge >= 0.3 is 0 Å². The summed E-state index contributed by atoms with van der Waals surface area (Å²) in [7, 11) is 0. The summed E-state index contributed by atoms with van der Waals surface area (Å²) in [4.78, 5) is 12.2. The van der Waals surface area contributed by atoms with Gasteiger partial charge in [0.15, 0.2) is 0 Å². The Hall–Kier alpha value is -1.30. The first-order chi connectivity index (χ1) is 10.6. The van der Waals surface area contributed by atoms with Crippen molar-refractivity contribution in [2.24, 2.45) is 11.0 Å². The molecule has 2 aliphatic heterocycles. The molecule has 118 valence electrons. The van der Waals surface area contributed by atoms with Gasteiger partial charge in [-0.05, 0) is 37.6 Å². The van der Waals surface area contributed by atoms with Gasteiger partial charge in [0.05, 0.1) is 21.7 Å². The molecule has 2 N–H and O–H groups in total. The molecule has 5 nitrogen and oxygen atoms in total. The van der Waals surface area contributed by atoms with E-state index in [2.05, 4.69) is 15.7 Å². The highest BCUT2D eigenvalue weighted by atomic mass is 35.5. The van der Waals surface area contributed by atoms with Gasteiger partial charge in [0, 0.05) is 19.5 Å². The van der Waals surface area contributed by atoms with E-state index < -0.39 is 0 Å². The molecule has 2 aliphatic rings. The molecule has 1 atom stereocenters. The Bertz CT molecular complexity index is 599. The Morgan fingerprint density at radius 1 is 1.36 bits per heavy atom. The van der Waals surface area contributed by atoms with E-state index in [1.165, 1.54) is 0 Å². The van der Waals surface area contributed by atoms with Crippen molar-refractivity contribution in [1.82, 2.24) is 10.6 Å². The first-order valence-electron chi connectivity index (χ1n) is 7.45. The number of nitrogens with zero attached hydrogens (tertiary/aromatic N) is 2. The number of benzene rings is 1. The molecule has 0 radical (unpaired) electrons. The summed E-state index contributed by atoms with van der Waals surface area (Å²) in [5.74, 6) is 0.805. The van der Waals surface area contributed by atoms with E-state index in [0.717, 1.165) is 38.2 Å². The van der Waals surface area contributed by atoms with Crippen LogP contribution >= 0.6 is 23.2 Å². The summed E-state index contributed by atoms with van der Waals surface area (Å²) in [6.45, 7) is 2.46. The summed E-state index contributed by atoms with van der Waals surface area (Å²) in [6.07, 6.45) is 2.69. The second-order valence-corrected chi connectivity index (χ2v) is 6.37. The minimum atomic E-state index is 0.0375. The fraction of sp³-hybridized carbons (Fsp3) is 0.467. The third-order valence-electron chi connectivity index (χ3n) is 3.94. The molecule has 0 unspecified atom stereocenters. The Kier molecular flexibility index (Phi) is 4.86. The number of rotatable bonds is 2. The average molecular weight is 341 g/mol. The fourth-order valence-electron chi connectivity index (χ4n) is 2.70. The molecular formula is C15H18Cl2N4O. The molecule has 0 saturated carbocycles. The first-order valence-corrected chi connectivity index (χ1v) is 8.21. The van der Waals surface area contributed by atoms with Crippen LogP contribution in [-0.2, 0) is 4.79 Å². The minimum Gasteiger partial charge on any atom is -0.316 e. The maximum absolute atomic E-state index is 12.2. The van der Waals surface area contributed by atoms with E-state index in [1.807, 2.05) is 11.1 Å². The van der Waals surface area contributed by atoms with E-state index in [4.69, 9.17) is 23.2 Å². The second-order valence-electron chi connectivity index (χ2n) is 5.55. The molecule has 7 heteroatoms. The number of nitrogens with one attached hydrogen (secondary N) is 2. The lowest BCUT2D eigenvalue weighted by atomic mass is 9.99. The Labute approximate surface area is 139 Å². The molecule has 2 heterocycles. The first kappa shape index (κ1) is 15.6. The summed E-state index contributed by atoms with van der Waals surface area (Å²) < 4.78 is 0.